The van der Waals surface area contributed by atoms with Crippen molar-refractivity contribution in [1.29, 1.82) is 0 Å². The van der Waals surface area contributed by atoms with Gasteiger partial charge in [-0.05, 0) is 74.2 Å². The summed E-state index contributed by atoms with van der Waals surface area (Å²) in [5.74, 6) is 1.37. The molecule has 2 rings (SSSR count). The van der Waals surface area contributed by atoms with Crippen molar-refractivity contribution in [3.8, 4) is 16.9 Å². The van der Waals surface area contributed by atoms with E-state index in [4.69, 9.17) is 0 Å². The molecule has 1 aromatic heterocycles. The Balaban J connectivity index is 2.17. The molecule has 0 atom stereocenters. The number of phenols is 1. The van der Waals surface area contributed by atoms with E-state index in [1.165, 1.54) is 0 Å². The van der Waals surface area contributed by atoms with Gasteiger partial charge in [0.1, 0.15) is 11.6 Å². The number of aromatic nitrogens is 1. The third-order valence-corrected chi connectivity index (χ3v) is 4.24. The smallest absolute Gasteiger partial charge is 0.132 e. The summed E-state index contributed by atoms with van der Waals surface area (Å²) in [6.45, 7) is 7.78. The molecule has 0 fully saturated rings. The fourth-order valence-electron chi connectivity index (χ4n) is 2.60. The van der Waals surface area contributed by atoms with Crippen LogP contribution < -0.4 is 5.32 Å². The molecule has 0 aliphatic rings. The van der Waals surface area contributed by atoms with Crippen molar-refractivity contribution in [1.82, 2.24) is 4.98 Å². The number of aliphatic hydroxyl groups is 1. The van der Waals surface area contributed by atoms with E-state index < -0.39 is 0 Å². The molecule has 3 N–H and O–H groups in total. The summed E-state index contributed by atoms with van der Waals surface area (Å²) in [5, 5.41) is 22.6. The first kappa shape index (κ1) is 19.3. The third-order valence-electron chi connectivity index (χ3n) is 4.24. The zero-order valence-corrected chi connectivity index (χ0v) is 15.7. The lowest BCUT2D eigenvalue weighted by molar-refractivity contribution is 0.397. The second-order valence-corrected chi connectivity index (χ2v) is 6.18. The molecule has 0 amide bonds. The summed E-state index contributed by atoms with van der Waals surface area (Å²) >= 11 is 0. The molecule has 0 saturated heterocycles. The minimum Gasteiger partial charge on any atom is -0.512 e. The molecule has 0 unspecified atom stereocenters. The number of benzene rings is 1. The van der Waals surface area contributed by atoms with E-state index in [1.54, 1.807) is 24.4 Å². The summed E-state index contributed by atoms with van der Waals surface area (Å²) in [4.78, 5) is 4.50. The number of hydrogen-bond donors (Lipinski definition) is 3. The highest BCUT2D eigenvalue weighted by atomic mass is 16.3. The Morgan fingerprint density at radius 3 is 2.54 bits per heavy atom. The van der Waals surface area contributed by atoms with Crippen molar-refractivity contribution in [2.45, 2.75) is 34.1 Å². The van der Waals surface area contributed by atoms with Crippen LogP contribution in [0.1, 0.15) is 32.8 Å². The van der Waals surface area contributed by atoms with Crippen molar-refractivity contribution in [3.05, 3.63) is 77.3 Å². The van der Waals surface area contributed by atoms with Gasteiger partial charge < -0.3 is 15.5 Å². The Hall–Kier alpha value is -3.01. The van der Waals surface area contributed by atoms with Crippen LogP contribution in [-0.2, 0) is 0 Å². The van der Waals surface area contributed by atoms with Gasteiger partial charge in [0.15, 0.2) is 0 Å². The maximum absolute atomic E-state index is 9.74. The molecule has 4 nitrogen and oxygen atoms in total. The molecule has 0 aliphatic carbocycles. The topological polar surface area (TPSA) is 65.4 Å². The van der Waals surface area contributed by atoms with Crippen molar-refractivity contribution >= 4 is 5.82 Å². The van der Waals surface area contributed by atoms with Crippen LogP contribution in [0.25, 0.3) is 11.1 Å². The average Bonchev–Trinajstić information content (AvgIpc) is 2.64. The average molecular weight is 350 g/mol. The minimum atomic E-state index is 0.240. The molecule has 4 heteroatoms. The number of aliphatic hydroxyl groups excluding tert-OH is 1. The van der Waals surface area contributed by atoms with Crippen LogP contribution in [-0.4, -0.2) is 15.2 Å². The lowest BCUT2D eigenvalue weighted by Crippen LogP contribution is -1.98. The summed E-state index contributed by atoms with van der Waals surface area (Å²) < 4.78 is 0. The third kappa shape index (κ3) is 4.99. The maximum atomic E-state index is 9.74. The number of aryl methyl sites for hydroxylation is 1. The van der Waals surface area contributed by atoms with Gasteiger partial charge in [-0.3, -0.25) is 0 Å². The van der Waals surface area contributed by atoms with Gasteiger partial charge in [0, 0.05) is 24.4 Å². The van der Waals surface area contributed by atoms with Gasteiger partial charge in [0.25, 0.3) is 0 Å². The number of nitrogens with one attached hydrogen (secondary N) is 1. The molecule has 26 heavy (non-hydrogen) atoms. The molecule has 2 aromatic rings. The van der Waals surface area contributed by atoms with Crippen molar-refractivity contribution in [3.63, 3.8) is 0 Å². The van der Waals surface area contributed by atoms with E-state index in [1.807, 2.05) is 58.2 Å². The Morgan fingerprint density at radius 2 is 1.92 bits per heavy atom. The highest BCUT2D eigenvalue weighted by Gasteiger charge is 2.05. The van der Waals surface area contributed by atoms with Crippen molar-refractivity contribution in [2.75, 3.05) is 5.32 Å². The Labute approximate surface area is 155 Å². The fraction of sp³-hybridized carbons (Fsp3) is 0.227. The van der Waals surface area contributed by atoms with Crippen molar-refractivity contribution in [2.24, 2.45) is 0 Å². The first-order valence-corrected chi connectivity index (χ1v) is 8.63. The second-order valence-electron chi connectivity index (χ2n) is 6.18. The molecule has 1 aromatic carbocycles. The number of nitrogens with zero attached hydrogens (tertiary/aromatic N) is 1. The number of allylic oxidation sites excluding steroid dienone is 4. The highest BCUT2D eigenvalue weighted by Crippen LogP contribution is 2.26. The summed E-state index contributed by atoms with van der Waals surface area (Å²) in [6, 6.07) is 9.17. The van der Waals surface area contributed by atoms with E-state index in [0.717, 1.165) is 33.7 Å². The van der Waals surface area contributed by atoms with Crippen LogP contribution in [0.4, 0.5) is 5.82 Å². The van der Waals surface area contributed by atoms with E-state index in [2.05, 4.69) is 10.3 Å². The van der Waals surface area contributed by atoms with Gasteiger partial charge in [-0.15, -0.1) is 0 Å². The molecule has 0 spiro atoms. The Kier molecular flexibility index (Phi) is 6.61. The number of phenolic OH excluding ortho intramolecular Hbond substituents is 1. The number of hydrogen-bond acceptors (Lipinski definition) is 4. The normalized spacial score (nSPS) is 13.0. The van der Waals surface area contributed by atoms with Gasteiger partial charge in [-0.25, -0.2) is 4.98 Å². The van der Waals surface area contributed by atoms with Gasteiger partial charge in [-0.1, -0.05) is 18.2 Å². The lowest BCUT2D eigenvalue weighted by atomic mass is 10.0. The molecule has 0 saturated carbocycles. The molecule has 1 heterocycles. The van der Waals surface area contributed by atoms with Crippen molar-refractivity contribution < 1.29 is 10.2 Å². The zero-order chi connectivity index (χ0) is 19.1. The number of rotatable bonds is 6. The molecular weight excluding hydrogens is 324 g/mol. The van der Waals surface area contributed by atoms with Gasteiger partial charge in [0.2, 0.25) is 0 Å². The molecule has 0 radical (unpaired) electrons. The molecular formula is C22H26N2O2. The van der Waals surface area contributed by atoms with Crippen LogP contribution in [0.2, 0.25) is 0 Å². The number of aromatic hydroxyl groups is 1. The van der Waals surface area contributed by atoms with E-state index in [0.29, 0.717) is 12.2 Å². The van der Waals surface area contributed by atoms with Crippen LogP contribution >= 0.6 is 0 Å². The van der Waals surface area contributed by atoms with Crippen LogP contribution in [0, 0.1) is 6.92 Å². The first-order chi connectivity index (χ1) is 12.4. The van der Waals surface area contributed by atoms with E-state index >= 15 is 0 Å². The van der Waals surface area contributed by atoms with E-state index in [-0.39, 0.29) is 5.75 Å². The minimum absolute atomic E-state index is 0.240. The van der Waals surface area contributed by atoms with Gasteiger partial charge in [-0.2, -0.15) is 0 Å². The standard InChI is InChI=1S/C22H26N2O2/c1-5-17(11-20(25)6-2)16(4)13-23-22-15(3)10-19(14-24-22)18-8-7-9-21(26)12-18/h5-10,12-14,25-26H,11H2,1-4H3,(H,23,24)/b16-13+,17-5+,20-6+. The Bertz CT molecular complexity index is 864. The maximum Gasteiger partial charge on any atom is 0.132 e. The molecule has 0 bridgehead atoms. The fourth-order valence-corrected chi connectivity index (χ4v) is 2.60. The summed E-state index contributed by atoms with van der Waals surface area (Å²) in [6.07, 6.45) is 7.91. The number of anilines is 1. The predicted molar refractivity (Wildman–Crippen MR) is 108 cm³/mol. The summed E-state index contributed by atoms with van der Waals surface area (Å²) in [7, 11) is 0. The van der Waals surface area contributed by atoms with Crippen LogP contribution in [0.5, 0.6) is 5.75 Å². The molecule has 136 valence electrons. The Morgan fingerprint density at radius 1 is 1.15 bits per heavy atom. The predicted octanol–water partition coefficient (Wildman–Crippen LogP) is 5.88. The zero-order valence-electron chi connectivity index (χ0n) is 15.7. The SMILES string of the molecule is C/C=C(/O)CC(=C\C)/C(C)=C/Nc1ncc(-c2cccc(O)c2)cc1C. The first-order valence-electron chi connectivity index (χ1n) is 8.63. The lowest BCUT2D eigenvalue weighted by Gasteiger charge is -2.11. The van der Waals surface area contributed by atoms with E-state index in [9.17, 15) is 10.2 Å². The summed E-state index contributed by atoms with van der Waals surface area (Å²) in [5.41, 5.74) is 4.99. The van der Waals surface area contributed by atoms with Gasteiger partial charge in [0.05, 0.1) is 5.76 Å². The van der Waals surface area contributed by atoms with Gasteiger partial charge >= 0.3 is 0 Å². The number of pyridine rings is 1. The van der Waals surface area contributed by atoms with Crippen LogP contribution in [0.3, 0.4) is 0 Å². The highest BCUT2D eigenvalue weighted by molar-refractivity contribution is 5.67. The monoisotopic (exact) mass is 350 g/mol. The second kappa shape index (κ2) is 8.90. The largest absolute Gasteiger partial charge is 0.512 e. The quantitative estimate of drug-likeness (QED) is 0.450. The van der Waals surface area contributed by atoms with Crippen LogP contribution in [0.15, 0.2) is 71.8 Å². The molecule has 0 aliphatic heterocycles.